The first kappa shape index (κ1) is 15.8. The van der Waals surface area contributed by atoms with Gasteiger partial charge < -0.3 is 14.1 Å². The van der Waals surface area contributed by atoms with Crippen LogP contribution in [0.3, 0.4) is 0 Å². The van der Waals surface area contributed by atoms with Crippen molar-refractivity contribution in [2.75, 3.05) is 14.1 Å². The lowest BCUT2D eigenvalue weighted by atomic mass is 10.1. The highest BCUT2D eigenvalue weighted by Crippen LogP contribution is 2.25. The molecular formula is C16H16FNO4. The Morgan fingerprint density at radius 2 is 1.86 bits per heavy atom. The molecule has 0 fully saturated rings. The zero-order valence-electron chi connectivity index (χ0n) is 12.5. The van der Waals surface area contributed by atoms with Crippen molar-refractivity contribution in [1.29, 1.82) is 0 Å². The molecule has 1 amide bonds. The summed E-state index contributed by atoms with van der Waals surface area (Å²) in [7, 11) is 3.13. The smallest absolute Gasteiger partial charge is 0.375 e. The molecule has 2 rings (SSSR count). The third-order valence-electron chi connectivity index (χ3n) is 3.02. The molecule has 6 heteroatoms. The van der Waals surface area contributed by atoms with Gasteiger partial charge in [-0.1, -0.05) is 12.1 Å². The summed E-state index contributed by atoms with van der Waals surface area (Å²) in [6.45, 7) is 1.47. The van der Waals surface area contributed by atoms with Crippen LogP contribution in [0.5, 0.6) is 0 Å². The molecule has 2 aromatic rings. The minimum atomic E-state index is -0.926. The summed E-state index contributed by atoms with van der Waals surface area (Å²) in [6, 6.07) is 8.93. The highest BCUT2D eigenvalue weighted by Gasteiger charge is 2.22. The maximum absolute atomic E-state index is 13.7. The minimum absolute atomic E-state index is 0.0864. The van der Waals surface area contributed by atoms with E-state index in [-0.39, 0.29) is 23.0 Å². The lowest BCUT2D eigenvalue weighted by Gasteiger charge is -2.16. The van der Waals surface area contributed by atoms with Crippen LogP contribution in [0.2, 0.25) is 0 Å². The molecule has 0 saturated heterocycles. The predicted octanol–water partition coefficient (Wildman–Crippen LogP) is 2.72. The Bertz CT molecular complexity index is 693. The zero-order valence-corrected chi connectivity index (χ0v) is 12.5. The highest BCUT2D eigenvalue weighted by molar-refractivity contribution is 5.90. The number of carbonyl (C=O) groups excluding carboxylic acids is 2. The summed E-state index contributed by atoms with van der Waals surface area (Å²) in [4.78, 5) is 24.9. The Hall–Kier alpha value is -2.63. The van der Waals surface area contributed by atoms with Crippen LogP contribution in [0.4, 0.5) is 4.39 Å². The molecule has 0 spiro atoms. The van der Waals surface area contributed by atoms with Crippen LogP contribution in [0.25, 0.3) is 11.3 Å². The lowest BCUT2D eigenvalue weighted by Crippen LogP contribution is -2.34. The number of amides is 1. The minimum Gasteiger partial charge on any atom is -0.449 e. The van der Waals surface area contributed by atoms with Crippen LogP contribution in [0, 0.1) is 5.82 Å². The molecule has 0 unspecified atom stereocenters. The SMILES string of the molecule is C[C@H](OC(=O)c1ccc(-c2ccccc2F)o1)C(=O)N(C)C. The number of hydrogen-bond donors (Lipinski definition) is 0. The molecule has 0 N–H and O–H groups in total. The second kappa shape index (κ2) is 6.43. The number of ether oxygens (including phenoxy) is 1. The number of hydrogen-bond acceptors (Lipinski definition) is 4. The molecule has 0 saturated carbocycles. The van der Waals surface area contributed by atoms with E-state index >= 15 is 0 Å². The Morgan fingerprint density at radius 3 is 2.50 bits per heavy atom. The third kappa shape index (κ3) is 3.33. The second-order valence-electron chi connectivity index (χ2n) is 4.92. The number of furan rings is 1. The van der Waals surface area contributed by atoms with Gasteiger partial charge in [0.1, 0.15) is 11.6 Å². The lowest BCUT2D eigenvalue weighted by molar-refractivity contribution is -0.137. The van der Waals surface area contributed by atoms with Crippen molar-refractivity contribution in [2.24, 2.45) is 0 Å². The van der Waals surface area contributed by atoms with E-state index in [1.165, 1.54) is 30.0 Å². The molecule has 1 atom stereocenters. The summed E-state index contributed by atoms with van der Waals surface area (Å²) in [5, 5.41) is 0. The molecule has 0 aliphatic carbocycles. The summed E-state index contributed by atoms with van der Waals surface area (Å²) in [5.74, 6) is -1.43. The standard InChI is InChI=1S/C16H16FNO4/c1-10(15(19)18(2)3)21-16(20)14-9-8-13(22-14)11-6-4-5-7-12(11)17/h4-10H,1-3H3/t10-/m0/s1. The van der Waals surface area contributed by atoms with E-state index in [0.717, 1.165) is 0 Å². The molecule has 5 nitrogen and oxygen atoms in total. The topological polar surface area (TPSA) is 59.8 Å². The fourth-order valence-corrected chi connectivity index (χ4v) is 1.89. The Labute approximate surface area is 127 Å². The average Bonchev–Trinajstić information content (AvgIpc) is 2.96. The van der Waals surface area contributed by atoms with Gasteiger partial charge in [-0.05, 0) is 31.2 Å². The van der Waals surface area contributed by atoms with Gasteiger partial charge in [0.15, 0.2) is 6.10 Å². The van der Waals surface area contributed by atoms with Crippen LogP contribution in [0.15, 0.2) is 40.8 Å². The number of carbonyl (C=O) groups is 2. The average molecular weight is 305 g/mol. The Balaban J connectivity index is 2.13. The summed E-state index contributed by atoms with van der Waals surface area (Å²) in [6.07, 6.45) is -0.926. The van der Waals surface area contributed by atoms with Crippen molar-refractivity contribution in [1.82, 2.24) is 4.90 Å². The number of esters is 1. The van der Waals surface area contributed by atoms with E-state index < -0.39 is 17.9 Å². The summed E-state index contributed by atoms with van der Waals surface area (Å²) < 4.78 is 24.0. The van der Waals surface area contributed by atoms with Gasteiger partial charge in [0.05, 0.1) is 5.56 Å². The molecule has 1 aromatic heterocycles. The van der Waals surface area contributed by atoms with Crippen LogP contribution in [-0.2, 0) is 9.53 Å². The van der Waals surface area contributed by atoms with Gasteiger partial charge in [-0.3, -0.25) is 4.79 Å². The third-order valence-corrected chi connectivity index (χ3v) is 3.02. The number of nitrogens with zero attached hydrogens (tertiary/aromatic N) is 1. The highest BCUT2D eigenvalue weighted by atomic mass is 19.1. The van der Waals surface area contributed by atoms with Gasteiger partial charge in [-0.15, -0.1) is 0 Å². The number of likely N-dealkylation sites (N-methyl/N-ethyl adjacent to an activating group) is 1. The first-order chi connectivity index (χ1) is 10.4. The van der Waals surface area contributed by atoms with Crippen molar-refractivity contribution in [3.05, 3.63) is 48.0 Å². The van der Waals surface area contributed by atoms with Gasteiger partial charge in [-0.25, -0.2) is 9.18 Å². The van der Waals surface area contributed by atoms with E-state index in [1.54, 1.807) is 32.3 Å². The van der Waals surface area contributed by atoms with Crippen LogP contribution < -0.4 is 0 Å². The first-order valence-electron chi connectivity index (χ1n) is 6.67. The molecule has 0 radical (unpaired) electrons. The van der Waals surface area contributed by atoms with Gasteiger partial charge in [0, 0.05) is 14.1 Å². The fraction of sp³-hybridized carbons (Fsp3) is 0.250. The largest absolute Gasteiger partial charge is 0.449 e. The molecule has 1 heterocycles. The molecule has 1 aromatic carbocycles. The quantitative estimate of drug-likeness (QED) is 0.815. The number of halogens is 1. The predicted molar refractivity (Wildman–Crippen MR) is 77.7 cm³/mol. The molecule has 0 aliphatic heterocycles. The van der Waals surface area contributed by atoms with Crippen molar-refractivity contribution >= 4 is 11.9 Å². The zero-order chi connectivity index (χ0) is 16.3. The molecule has 116 valence electrons. The molecular weight excluding hydrogens is 289 g/mol. The van der Waals surface area contributed by atoms with Crippen molar-refractivity contribution < 1.29 is 23.1 Å². The number of rotatable bonds is 4. The molecule has 0 aliphatic rings. The van der Waals surface area contributed by atoms with Crippen LogP contribution in [0.1, 0.15) is 17.5 Å². The number of benzene rings is 1. The first-order valence-corrected chi connectivity index (χ1v) is 6.67. The van der Waals surface area contributed by atoms with E-state index in [9.17, 15) is 14.0 Å². The molecule has 0 bridgehead atoms. The summed E-state index contributed by atoms with van der Waals surface area (Å²) in [5.41, 5.74) is 0.249. The van der Waals surface area contributed by atoms with Gasteiger partial charge in [0.25, 0.3) is 5.91 Å². The van der Waals surface area contributed by atoms with Crippen molar-refractivity contribution in [3.63, 3.8) is 0 Å². The van der Waals surface area contributed by atoms with E-state index in [2.05, 4.69) is 0 Å². The Morgan fingerprint density at radius 1 is 1.18 bits per heavy atom. The van der Waals surface area contributed by atoms with Crippen molar-refractivity contribution in [3.8, 4) is 11.3 Å². The summed E-state index contributed by atoms with van der Waals surface area (Å²) >= 11 is 0. The maximum Gasteiger partial charge on any atom is 0.375 e. The van der Waals surface area contributed by atoms with Crippen molar-refractivity contribution in [2.45, 2.75) is 13.0 Å². The normalized spacial score (nSPS) is 11.8. The fourth-order valence-electron chi connectivity index (χ4n) is 1.89. The van der Waals surface area contributed by atoms with Gasteiger partial charge >= 0.3 is 5.97 Å². The van der Waals surface area contributed by atoms with E-state index in [0.29, 0.717) is 0 Å². The Kier molecular flexibility index (Phi) is 4.60. The van der Waals surface area contributed by atoms with Gasteiger partial charge in [-0.2, -0.15) is 0 Å². The van der Waals surface area contributed by atoms with E-state index in [1.807, 2.05) is 0 Å². The van der Waals surface area contributed by atoms with Crippen LogP contribution in [-0.4, -0.2) is 37.0 Å². The van der Waals surface area contributed by atoms with E-state index in [4.69, 9.17) is 9.15 Å². The monoisotopic (exact) mass is 305 g/mol. The second-order valence-corrected chi connectivity index (χ2v) is 4.92. The molecule has 22 heavy (non-hydrogen) atoms. The maximum atomic E-state index is 13.7. The van der Waals surface area contributed by atoms with Gasteiger partial charge in [0.2, 0.25) is 5.76 Å². The van der Waals surface area contributed by atoms with Crippen LogP contribution >= 0.6 is 0 Å².